The summed E-state index contributed by atoms with van der Waals surface area (Å²) in [7, 11) is -4.55. The molecule has 1 unspecified atom stereocenters. The molecule has 1 aliphatic carbocycles. The Kier molecular flexibility index (Phi) is 7.82. The van der Waals surface area contributed by atoms with Crippen LogP contribution in [0.1, 0.15) is 29.5 Å². The van der Waals surface area contributed by atoms with Gasteiger partial charge in [-0.25, -0.2) is 12.8 Å². The Morgan fingerprint density at radius 2 is 1.27 bits per heavy atom. The van der Waals surface area contributed by atoms with E-state index in [2.05, 4.69) is 4.74 Å². The van der Waals surface area contributed by atoms with Gasteiger partial charge < -0.3 is 14.9 Å². The number of hydrogen-bond donors (Lipinski definition) is 2. The zero-order chi connectivity index (χ0) is 29.6. The number of ether oxygens (including phenoxy) is 1. The van der Waals surface area contributed by atoms with E-state index in [0.717, 1.165) is 36.4 Å². The second-order valence-corrected chi connectivity index (χ2v) is 11.8. The van der Waals surface area contributed by atoms with Crippen LogP contribution in [0.15, 0.2) is 83.8 Å². The van der Waals surface area contributed by atoms with E-state index in [0.29, 0.717) is 12.1 Å². The maximum atomic E-state index is 14.2. The van der Waals surface area contributed by atoms with Crippen LogP contribution in [0, 0.1) is 5.82 Å². The second-order valence-electron chi connectivity index (χ2n) is 9.52. The van der Waals surface area contributed by atoms with Gasteiger partial charge in [-0.15, -0.1) is 0 Å². The summed E-state index contributed by atoms with van der Waals surface area (Å²) in [5.41, 5.74) is -6.32. The monoisotopic (exact) mass is 592 g/mol. The van der Waals surface area contributed by atoms with Crippen LogP contribution >= 0.6 is 0 Å². The lowest BCUT2D eigenvalue weighted by Gasteiger charge is -2.38. The van der Waals surface area contributed by atoms with Crippen LogP contribution in [0.3, 0.4) is 0 Å². The number of alkyl halides is 6. The van der Waals surface area contributed by atoms with Crippen LogP contribution in [-0.2, 0) is 31.5 Å². The van der Waals surface area contributed by atoms with Crippen LogP contribution in [0.2, 0.25) is 0 Å². The molecule has 3 aromatic rings. The molecule has 13 heteroatoms. The first-order valence-electron chi connectivity index (χ1n) is 11.8. The molecule has 1 saturated carbocycles. The molecule has 3 atom stereocenters. The van der Waals surface area contributed by atoms with Gasteiger partial charge in [0.15, 0.2) is 9.84 Å². The maximum Gasteiger partial charge on any atom is 0.430 e. The third-order valence-corrected chi connectivity index (χ3v) is 9.56. The normalized spacial score (nSPS) is 22.4. The van der Waals surface area contributed by atoms with E-state index in [1.807, 2.05) is 0 Å². The van der Waals surface area contributed by atoms with Crippen molar-refractivity contribution >= 4 is 9.84 Å². The fourth-order valence-corrected chi connectivity index (χ4v) is 7.16. The molecular weight excluding hydrogens is 569 g/mol. The molecule has 0 aliphatic heterocycles. The summed E-state index contributed by atoms with van der Waals surface area (Å²) in [4.78, 5) is -0.412. The average molecular weight is 593 g/mol. The third-order valence-electron chi connectivity index (χ3n) is 7.07. The lowest BCUT2D eigenvalue weighted by Crippen LogP contribution is -2.55. The maximum absolute atomic E-state index is 14.2. The van der Waals surface area contributed by atoms with Crippen molar-refractivity contribution in [2.24, 2.45) is 0 Å². The first-order valence-corrected chi connectivity index (χ1v) is 13.3. The fraction of sp³-hybridized carbons (Fsp3) is 0.333. The summed E-state index contributed by atoms with van der Waals surface area (Å²) >= 11 is 0. The SMILES string of the molecule is O=S(=O)(c1ccc(F)cc1)C1(c2ccc(C(OCc3ccccc3)(C(F)(F)F)C(F)(F)F)cc2)C[C@@H](O)[C@@H](O)C1. The molecule has 0 amide bonds. The van der Waals surface area contributed by atoms with E-state index < -0.39 is 80.5 Å². The van der Waals surface area contributed by atoms with E-state index in [1.54, 1.807) is 0 Å². The second kappa shape index (κ2) is 10.4. The molecule has 4 rings (SSSR count). The number of halogens is 7. The molecule has 0 saturated heterocycles. The molecule has 0 bridgehead atoms. The minimum absolute atomic E-state index is 0.0512. The van der Waals surface area contributed by atoms with Gasteiger partial charge in [0.05, 0.1) is 23.7 Å². The van der Waals surface area contributed by atoms with Crippen LogP contribution in [0.5, 0.6) is 0 Å². The molecule has 5 nitrogen and oxygen atoms in total. The topological polar surface area (TPSA) is 83.8 Å². The Balaban J connectivity index is 1.84. The van der Waals surface area contributed by atoms with Gasteiger partial charge in [0.2, 0.25) is 0 Å². The number of sulfone groups is 1. The Hall–Kier alpha value is -3.00. The quantitative estimate of drug-likeness (QED) is 0.278. The van der Waals surface area contributed by atoms with Crippen molar-refractivity contribution in [3.05, 3.63) is 101 Å². The van der Waals surface area contributed by atoms with Crippen LogP contribution in [0.25, 0.3) is 0 Å². The highest BCUT2D eigenvalue weighted by atomic mass is 32.2. The van der Waals surface area contributed by atoms with Crippen molar-refractivity contribution in [1.29, 1.82) is 0 Å². The highest BCUT2D eigenvalue weighted by Crippen LogP contribution is 2.54. The van der Waals surface area contributed by atoms with Gasteiger partial charge in [0, 0.05) is 5.56 Å². The van der Waals surface area contributed by atoms with Gasteiger partial charge in [-0.2, -0.15) is 26.3 Å². The number of benzene rings is 3. The van der Waals surface area contributed by atoms with Crippen molar-refractivity contribution < 1.29 is 54.1 Å². The van der Waals surface area contributed by atoms with E-state index >= 15 is 0 Å². The fourth-order valence-electron chi connectivity index (χ4n) is 4.99. The summed E-state index contributed by atoms with van der Waals surface area (Å²) in [6.07, 6.45) is -16.3. The highest BCUT2D eigenvalue weighted by molar-refractivity contribution is 7.92. The summed E-state index contributed by atoms with van der Waals surface area (Å²) in [5.74, 6) is -0.755. The number of aliphatic hydroxyl groups excluding tert-OH is 2. The lowest BCUT2D eigenvalue weighted by molar-refractivity contribution is -0.392. The van der Waals surface area contributed by atoms with E-state index in [9.17, 15) is 49.4 Å². The minimum atomic E-state index is -5.97. The molecule has 216 valence electrons. The van der Waals surface area contributed by atoms with Crippen molar-refractivity contribution in [2.45, 2.75) is 59.3 Å². The van der Waals surface area contributed by atoms with Crippen LogP contribution in [-0.4, -0.2) is 43.2 Å². The largest absolute Gasteiger partial charge is 0.430 e. The first kappa shape index (κ1) is 30.0. The average Bonchev–Trinajstić information content (AvgIpc) is 3.19. The Morgan fingerprint density at radius 3 is 1.75 bits per heavy atom. The van der Waals surface area contributed by atoms with Gasteiger partial charge >= 0.3 is 12.4 Å². The third kappa shape index (κ3) is 5.00. The molecule has 0 aromatic heterocycles. The molecular formula is C27H23F7O5S. The van der Waals surface area contributed by atoms with Gasteiger partial charge in [0.25, 0.3) is 5.60 Å². The number of rotatable bonds is 7. The van der Waals surface area contributed by atoms with Gasteiger partial charge in [-0.1, -0.05) is 54.6 Å². The smallest absolute Gasteiger partial charge is 0.390 e. The summed E-state index contributed by atoms with van der Waals surface area (Å²) in [6.45, 7) is -1.04. The minimum Gasteiger partial charge on any atom is -0.390 e. The molecule has 3 aromatic carbocycles. The number of aliphatic hydroxyl groups is 2. The van der Waals surface area contributed by atoms with Crippen LogP contribution in [0.4, 0.5) is 30.7 Å². The molecule has 40 heavy (non-hydrogen) atoms. The van der Waals surface area contributed by atoms with E-state index in [1.165, 1.54) is 30.3 Å². The molecule has 0 radical (unpaired) electrons. The predicted molar refractivity (Wildman–Crippen MR) is 128 cm³/mol. The Labute approximate surface area is 224 Å². The van der Waals surface area contributed by atoms with Crippen molar-refractivity contribution in [2.75, 3.05) is 0 Å². The molecule has 2 N–H and O–H groups in total. The number of hydrogen-bond acceptors (Lipinski definition) is 5. The standard InChI is InChI=1S/C27H23F7O5S/c28-20-10-12-21(13-11-20)40(37,38)24(14-22(35)23(36)15-24)18-6-8-19(9-7-18)25(26(29,30)31,27(32,33)34)39-16-17-4-2-1-3-5-17/h1-13,22-23,35-36H,14-16H2/t22-,23+,24?. The van der Waals surface area contributed by atoms with E-state index in [4.69, 9.17) is 0 Å². The van der Waals surface area contributed by atoms with Crippen LogP contribution < -0.4 is 0 Å². The van der Waals surface area contributed by atoms with E-state index in [-0.39, 0.29) is 11.1 Å². The Bertz CT molecular complexity index is 1400. The first-order chi connectivity index (χ1) is 18.5. The molecule has 0 heterocycles. The molecule has 0 spiro atoms. The van der Waals surface area contributed by atoms with Gasteiger partial charge in [0.1, 0.15) is 10.6 Å². The summed E-state index contributed by atoms with van der Waals surface area (Å²) in [5, 5.41) is 20.5. The van der Waals surface area contributed by atoms with Crippen molar-refractivity contribution in [3.63, 3.8) is 0 Å². The highest BCUT2D eigenvalue weighted by Gasteiger charge is 2.73. The Morgan fingerprint density at radius 1 is 0.775 bits per heavy atom. The zero-order valence-corrected chi connectivity index (χ0v) is 21.3. The van der Waals surface area contributed by atoms with Gasteiger partial charge in [-0.05, 0) is 48.2 Å². The molecule has 1 aliphatic rings. The van der Waals surface area contributed by atoms with Gasteiger partial charge in [-0.3, -0.25) is 0 Å². The molecule has 1 fully saturated rings. The lowest BCUT2D eigenvalue weighted by atomic mass is 9.88. The summed E-state index contributed by atoms with van der Waals surface area (Å²) < 4.78 is 129. The van der Waals surface area contributed by atoms with Crippen molar-refractivity contribution in [1.82, 2.24) is 0 Å². The zero-order valence-electron chi connectivity index (χ0n) is 20.5. The summed E-state index contributed by atoms with van der Waals surface area (Å²) in [6, 6.07) is 13.0. The van der Waals surface area contributed by atoms with Crippen molar-refractivity contribution in [3.8, 4) is 0 Å². The predicted octanol–water partition coefficient (Wildman–Crippen LogP) is 5.55.